The fraction of sp³-hybridized carbons (Fsp3) is 0.227. The van der Waals surface area contributed by atoms with Crippen LogP contribution < -0.4 is 0 Å². The Balaban J connectivity index is 1.69. The van der Waals surface area contributed by atoms with Gasteiger partial charge in [-0.3, -0.25) is 0 Å². The number of hydrogen-bond acceptors (Lipinski definition) is 4. The van der Waals surface area contributed by atoms with Crippen molar-refractivity contribution < 1.29 is 4.84 Å². The van der Waals surface area contributed by atoms with Crippen LogP contribution in [0.1, 0.15) is 24.6 Å². The lowest BCUT2D eigenvalue weighted by molar-refractivity contribution is 0.212. The van der Waals surface area contributed by atoms with Gasteiger partial charge in [0.1, 0.15) is 7.11 Å². The highest BCUT2D eigenvalue weighted by Gasteiger charge is 2.24. The number of aromatic nitrogens is 2. The van der Waals surface area contributed by atoms with Crippen LogP contribution in [-0.2, 0) is 11.3 Å². The maximum atomic E-state index is 5.04. The van der Waals surface area contributed by atoms with Crippen LogP contribution in [0.5, 0.6) is 0 Å². The molecule has 0 unspecified atom stereocenters. The molecule has 1 atom stereocenters. The molecule has 2 aromatic carbocycles. The average molecular weight is 343 g/mol. The number of benzene rings is 2. The number of fused-ring (bicyclic) bond motifs is 1. The van der Waals surface area contributed by atoms with Gasteiger partial charge in [0.15, 0.2) is 0 Å². The average Bonchev–Trinajstić information content (AvgIpc) is 2.69. The molecule has 0 N–H and O–H groups in total. The second-order valence-electron chi connectivity index (χ2n) is 6.77. The minimum Gasteiger partial charge on any atom is -0.399 e. The van der Waals surface area contributed by atoms with Crippen molar-refractivity contribution in [3.05, 3.63) is 71.9 Å². The molecule has 130 valence electrons. The Labute approximate surface area is 153 Å². The third-order valence-corrected chi connectivity index (χ3v) is 4.75. The zero-order valence-corrected chi connectivity index (χ0v) is 15.0. The fourth-order valence-electron chi connectivity index (χ4n) is 3.46. The molecule has 1 aromatic heterocycles. The monoisotopic (exact) mass is 343 g/mol. The van der Waals surface area contributed by atoms with Gasteiger partial charge in [-0.2, -0.15) is 10.2 Å². The fourth-order valence-corrected chi connectivity index (χ4v) is 3.46. The molecule has 0 saturated heterocycles. The van der Waals surface area contributed by atoms with Crippen molar-refractivity contribution in [1.29, 1.82) is 0 Å². The normalized spacial score (nSPS) is 17.8. The standard InChI is InChI=1S/C22H21N3O/c1-15-12-21-19(22(13-15)25-26-2)14-20(23-24-21)18-10-8-17(9-11-18)16-6-4-3-5-7-16/h3-11,14-15H,12-13H2,1-2H3/b25-22+/t15-/m1/s1. The van der Waals surface area contributed by atoms with Crippen LogP contribution in [0.4, 0.5) is 0 Å². The lowest BCUT2D eigenvalue weighted by atomic mass is 9.86. The molecule has 4 heteroatoms. The van der Waals surface area contributed by atoms with Gasteiger partial charge < -0.3 is 4.84 Å². The molecule has 26 heavy (non-hydrogen) atoms. The van der Waals surface area contributed by atoms with Crippen LogP contribution in [0.2, 0.25) is 0 Å². The predicted octanol–water partition coefficient (Wildman–Crippen LogP) is 4.74. The van der Waals surface area contributed by atoms with E-state index >= 15 is 0 Å². The molecule has 0 spiro atoms. The molecule has 0 amide bonds. The summed E-state index contributed by atoms with van der Waals surface area (Å²) < 4.78 is 0. The van der Waals surface area contributed by atoms with Crippen LogP contribution >= 0.6 is 0 Å². The predicted molar refractivity (Wildman–Crippen MR) is 104 cm³/mol. The largest absolute Gasteiger partial charge is 0.399 e. The van der Waals surface area contributed by atoms with Crippen molar-refractivity contribution in [2.75, 3.05) is 7.11 Å². The maximum Gasteiger partial charge on any atom is 0.106 e. The number of hydrogen-bond donors (Lipinski definition) is 0. The summed E-state index contributed by atoms with van der Waals surface area (Å²) in [5.74, 6) is 0.502. The maximum absolute atomic E-state index is 5.04. The SMILES string of the molecule is CO/N=C1\C[C@H](C)Cc2nnc(-c3ccc(-c4ccccc4)cc3)cc21. The van der Waals surface area contributed by atoms with Gasteiger partial charge in [0.25, 0.3) is 0 Å². The van der Waals surface area contributed by atoms with Gasteiger partial charge >= 0.3 is 0 Å². The number of oxime groups is 1. The first-order valence-electron chi connectivity index (χ1n) is 8.87. The quantitative estimate of drug-likeness (QED) is 0.645. The van der Waals surface area contributed by atoms with E-state index in [1.165, 1.54) is 11.1 Å². The van der Waals surface area contributed by atoms with Gasteiger partial charge in [0.2, 0.25) is 0 Å². The summed E-state index contributed by atoms with van der Waals surface area (Å²) in [6.45, 7) is 2.20. The van der Waals surface area contributed by atoms with E-state index in [0.717, 1.165) is 41.1 Å². The van der Waals surface area contributed by atoms with E-state index in [-0.39, 0.29) is 0 Å². The third kappa shape index (κ3) is 3.23. The van der Waals surface area contributed by atoms with Crippen molar-refractivity contribution in [2.24, 2.45) is 11.1 Å². The van der Waals surface area contributed by atoms with Crippen molar-refractivity contribution in [1.82, 2.24) is 10.2 Å². The molecule has 0 bridgehead atoms. The Bertz CT molecular complexity index is 933. The van der Waals surface area contributed by atoms with Crippen LogP contribution in [0.3, 0.4) is 0 Å². The molecular formula is C22H21N3O. The molecule has 4 nitrogen and oxygen atoms in total. The third-order valence-electron chi connectivity index (χ3n) is 4.75. The zero-order chi connectivity index (χ0) is 17.9. The topological polar surface area (TPSA) is 47.4 Å². The molecule has 1 aliphatic rings. The molecule has 1 heterocycles. The van der Waals surface area contributed by atoms with E-state index in [0.29, 0.717) is 5.92 Å². The van der Waals surface area contributed by atoms with Crippen LogP contribution in [0.25, 0.3) is 22.4 Å². The summed E-state index contributed by atoms with van der Waals surface area (Å²) in [4.78, 5) is 5.04. The smallest absolute Gasteiger partial charge is 0.106 e. The van der Waals surface area contributed by atoms with E-state index in [1.807, 2.05) is 6.07 Å². The minimum absolute atomic E-state index is 0.502. The van der Waals surface area contributed by atoms with Crippen molar-refractivity contribution in [3.8, 4) is 22.4 Å². The lowest BCUT2D eigenvalue weighted by Gasteiger charge is -2.21. The molecule has 0 radical (unpaired) electrons. The van der Waals surface area contributed by atoms with Gasteiger partial charge in [-0.1, -0.05) is 66.7 Å². The molecule has 3 aromatic rings. The highest BCUT2D eigenvalue weighted by molar-refractivity contribution is 6.02. The summed E-state index contributed by atoms with van der Waals surface area (Å²) in [5, 5.41) is 13.1. The van der Waals surface area contributed by atoms with Gasteiger partial charge in [-0.05, 0) is 36.0 Å². The van der Waals surface area contributed by atoms with Crippen LogP contribution in [-0.4, -0.2) is 23.0 Å². The summed E-state index contributed by atoms with van der Waals surface area (Å²) in [5.41, 5.74) is 7.33. The second-order valence-corrected chi connectivity index (χ2v) is 6.77. The van der Waals surface area contributed by atoms with Crippen LogP contribution in [0.15, 0.2) is 65.8 Å². The molecule has 4 rings (SSSR count). The van der Waals surface area contributed by atoms with Crippen molar-refractivity contribution >= 4 is 5.71 Å². The first kappa shape index (κ1) is 16.5. The lowest BCUT2D eigenvalue weighted by Crippen LogP contribution is -2.21. The Kier molecular flexibility index (Phi) is 4.48. The molecule has 0 fully saturated rings. The Hall–Kier alpha value is -3.01. The van der Waals surface area contributed by atoms with E-state index < -0.39 is 0 Å². The molecule has 1 aliphatic carbocycles. The van der Waals surface area contributed by atoms with E-state index in [2.05, 4.69) is 76.9 Å². The van der Waals surface area contributed by atoms with Crippen LogP contribution in [0, 0.1) is 5.92 Å². The summed E-state index contributed by atoms with van der Waals surface area (Å²) in [6, 6.07) is 20.9. The van der Waals surface area contributed by atoms with Gasteiger partial charge in [-0.25, -0.2) is 0 Å². The highest BCUT2D eigenvalue weighted by Crippen LogP contribution is 2.28. The Morgan fingerprint density at radius 1 is 0.885 bits per heavy atom. The molecular weight excluding hydrogens is 322 g/mol. The van der Waals surface area contributed by atoms with Gasteiger partial charge in [-0.15, -0.1) is 0 Å². The highest BCUT2D eigenvalue weighted by atomic mass is 16.6. The van der Waals surface area contributed by atoms with Crippen molar-refractivity contribution in [3.63, 3.8) is 0 Å². The first-order chi connectivity index (χ1) is 12.7. The van der Waals surface area contributed by atoms with Gasteiger partial charge in [0.05, 0.1) is 17.1 Å². The van der Waals surface area contributed by atoms with E-state index in [1.54, 1.807) is 7.11 Å². The minimum atomic E-state index is 0.502. The molecule has 0 aliphatic heterocycles. The zero-order valence-electron chi connectivity index (χ0n) is 15.0. The first-order valence-corrected chi connectivity index (χ1v) is 8.87. The second kappa shape index (κ2) is 7.08. The summed E-state index contributed by atoms with van der Waals surface area (Å²) in [6.07, 6.45) is 1.83. The van der Waals surface area contributed by atoms with Gasteiger partial charge in [0, 0.05) is 11.1 Å². The van der Waals surface area contributed by atoms with E-state index in [9.17, 15) is 0 Å². The number of nitrogens with zero attached hydrogens (tertiary/aromatic N) is 3. The summed E-state index contributed by atoms with van der Waals surface area (Å²) in [7, 11) is 1.59. The van der Waals surface area contributed by atoms with Crippen molar-refractivity contribution in [2.45, 2.75) is 19.8 Å². The Morgan fingerprint density at radius 2 is 1.58 bits per heavy atom. The summed E-state index contributed by atoms with van der Waals surface area (Å²) >= 11 is 0. The number of rotatable bonds is 3. The van der Waals surface area contributed by atoms with E-state index in [4.69, 9.17) is 4.84 Å². The molecule has 0 saturated carbocycles. The Morgan fingerprint density at radius 3 is 2.31 bits per heavy atom.